The molecule has 0 heterocycles. The van der Waals surface area contributed by atoms with Gasteiger partial charge in [-0.25, -0.2) is 0 Å². The summed E-state index contributed by atoms with van der Waals surface area (Å²) < 4.78 is 15.5. The Kier molecular flexibility index (Phi) is 6.46. The van der Waals surface area contributed by atoms with Crippen LogP contribution in [0.5, 0.6) is 17.2 Å². The molecule has 1 aromatic carbocycles. The van der Waals surface area contributed by atoms with Crippen molar-refractivity contribution < 1.29 is 28.9 Å². The van der Waals surface area contributed by atoms with Crippen molar-refractivity contribution in [3.8, 4) is 17.2 Å². The van der Waals surface area contributed by atoms with Crippen LogP contribution in [0.2, 0.25) is 0 Å². The molecule has 4 N–H and O–H groups in total. The van der Waals surface area contributed by atoms with Crippen LogP contribution in [0.25, 0.3) is 0 Å². The first kappa shape index (κ1) is 17.6. The van der Waals surface area contributed by atoms with Crippen molar-refractivity contribution in [1.82, 2.24) is 5.32 Å². The van der Waals surface area contributed by atoms with Crippen LogP contribution in [0.1, 0.15) is 6.92 Å². The number of methoxy groups -OCH3 is 2. The van der Waals surface area contributed by atoms with Crippen molar-refractivity contribution in [2.24, 2.45) is 5.73 Å². The average Bonchev–Trinajstić information content (AvgIpc) is 2.49. The first-order valence-corrected chi connectivity index (χ1v) is 6.50. The lowest BCUT2D eigenvalue weighted by atomic mass is 10.2. The van der Waals surface area contributed by atoms with Gasteiger partial charge in [0.2, 0.25) is 5.91 Å². The van der Waals surface area contributed by atoms with Crippen molar-refractivity contribution in [3.63, 3.8) is 0 Å². The van der Waals surface area contributed by atoms with Gasteiger partial charge in [0.05, 0.1) is 20.3 Å². The van der Waals surface area contributed by atoms with E-state index >= 15 is 0 Å². The van der Waals surface area contributed by atoms with E-state index in [0.717, 1.165) is 0 Å². The fourth-order valence-corrected chi connectivity index (χ4v) is 1.66. The van der Waals surface area contributed by atoms with Gasteiger partial charge in [-0.1, -0.05) is 0 Å². The molecule has 0 aliphatic carbocycles. The largest absolute Gasteiger partial charge is 0.496 e. The summed E-state index contributed by atoms with van der Waals surface area (Å²) in [5.74, 6) is -0.0422. The second-order valence-corrected chi connectivity index (χ2v) is 4.53. The molecule has 22 heavy (non-hydrogen) atoms. The Hall–Kier alpha value is -2.48. The van der Waals surface area contributed by atoms with Crippen LogP contribution in [-0.4, -0.2) is 49.9 Å². The first-order valence-electron chi connectivity index (χ1n) is 6.50. The molecule has 1 rings (SSSR count). The fourth-order valence-electron chi connectivity index (χ4n) is 1.66. The minimum Gasteiger partial charge on any atom is -0.496 e. The zero-order chi connectivity index (χ0) is 16.7. The molecular weight excluding hydrogens is 292 g/mol. The smallest absolute Gasteiger partial charge is 0.258 e. The molecule has 0 aliphatic rings. The minimum absolute atomic E-state index is 0.354. The van der Waals surface area contributed by atoms with Crippen LogP contribution in [0.4, 0.5) is 0 Å². The summed E-state index contributed by atoms with van der Waals surface area (Å²) in [4.78, 5) is 22.8. The second kappa shape index (κ2) is 8.08. The Morgan fingerprint density at radius 2 is 1.68 bits per heavy atom. The van der Waals surface area contributed by atoms with Crippen LogP contribution in [0, 0.1) is 0 Å². The number of rotatable bonds is 8. The number of hydrogen-bond donors (Lipinski definition) is 3. The van der Waals surface area contributed by atoms with Gasteiger partial charge in [0.15, 0.2) is 6.61 Å². The molecule has 0 aromatic heterocycles. The molecule has 0 aliphatic heterocycles. The van der Waals surface area contributed by atoms with Crippen molar-refractivity contribution in [2.75, 3.05) is 20.8 Å². The van der Waals surface area contributed by atoms with E-state index in [9.17, 15) is 14.7 Å². The standard InChI is InChI=1S/C14H20N2O6/c1-8(17)13(14(15)19)16-12(18)7-22-11-5-9(20-2)4-10(6-11)21-3/h4-6,8,13,17H,7H2,1-3H3,(H2,15,19)(H,16,18). The van der Waals surface area contributed by atoms with E-state index in [0.29, 0.717) is 17.2 Å². The van der Waals surface area contributed by atoms with Gasteiger partial charge in [0.1, 0.15) is 23.3 Å². The number of carbonyl (C=O) groups excluding carboxylic acids is 2. The van der Waals surface area contributed by atoms with E-state index in [1.165, 1.54) is 21.1 Å². The highest BCUT2D eigenvalue weighted by Crippen LogP contribution is 2.27. The molecule has 8 nitrogen and oxygen atoms in total. The topological polar surface area (TPSA) is 120 Å². The lowest BCUT2D eigenvalue weighted by Gasteiger charge is -2.18. The SMILES string of the molecule is COc1cc(OC)cc(OCC(=O)NC(C(N)=O)C(C)O)c1. The summed E-state index contributed by atoms with van der Waals surface area (Å²) in [5.41, 5.74) is 5.08. The number of aliphatic hydroxyl groups excluding tert-OH is 1. The minimum atomic E-state index is -1.17. The Balaban J connectivity index is 2.65. The number of ether oxygens (including phenoxy) is 3. The average molecular weight is 312 g/mol. The van der Waals surface area contributed by atoms with E-state index in [-0.39, 0.29) is 6.61 Å². The number of nitrogens with one attached hydrogen (secondary N) is 1. The molecule has 2 atom stereocenters. The predicted molar refractivity (Wildman–Crippen MR) is 77.8 cm³/mol. The van der Waals surface area contributed by atoms with Crippen molar-refractivity contribution in [2.45, 2.75) is 19.1 Å². The maximum absolute atomic E-state index is 11.7. The highest BCUT2D eigenvalue weighted by Gasteiger charge is 2.23. The van der Waals surface area contributed by atoms with Gasteiger partial charge < -0.3 is 30.4 Å². The van der Waals surface area contributed by atoms with Crippen LogP contribution in [0.15, 0.2) is 18.2 Å². The predicted octanol–water partition coefficient (Wildman–Crippen LogP) is -0.566. The molecule has 0 saturated carbocycles. The number of aliphatic hydroxyl groups is 1. The third-order valence-electron chi connectivity index (χ3n) is 2.80. The van der Waals surface area contributed by atoms with Gasteiger partial charge in [0.25, 0.3) is 5.91 Å². The maximum Gasteiger partial charge on any atom is 0.258 e. The van der Waals surface area contributed by atoms with Crippen LogP contribution >= 0.6 is 0 Å². The van der Waals surface area contributed by atoms with Gasteiger partial charge in [-0.05, 0) is 6.92 Å². The summed E-state index contributed by atoms with van der Waals surface area (Å²) in [7, 11) is 2.98. The van der Waals surface area contributed by atoms with Crippen molar-refractivity contribution in [1.29, 1.82) is 0 Å². The highest BCUT2D eigenvalue weighted by molar-refractivity contribution is 5.87. The number of amides is 2. The van der Waals surface area contributed by atoms with Crippen molar-refractivity contribution >= 4 is 11.8 Å². The van der Waals surface area contributed by atoms with Gasteiger partial charge in [-0.3, -0.25) is 9.59 Å². The number of carbonyl (C=O) groups is 2. The lowest BCUT2D eigenvalue weighted by Crippen LogP contribution is -2.51. The van der Waals surface area contributed by atoms with Crippen LogP contribution in [-0.2, 0) is 9.59 Å². The quantitative estimate of drug-likeness (QED) is 0.591. The number of hydrogen-bond acceptors (Lipinski definition) is 6. The molecule has 122 valence electrons. The van der Waals surface area contributed by atoms with Gasteiger partial charge in [-0.15, -0.1) is 0 Å². The van der Waals surface area contributed by atoms with E-state index in [1.807, 2.05) is 0 Å². The zero-order valence-corrected chi connectivity index (χ0v) is 12.7. The Morgan fingerprint density at radius 3 is 2.09 bits per heavy atom. The lowest BCUT2D eigenvalue weighted by molar-refractivity contribution is -0.130. The molecule has 0 spiro atoms. The van der Waals surface area contributed by atoms with E-state index < -0.39 is 24.0 Å². The summed E-state index contributed by atoms with van der Waals surface area (Å²) in [6.45, 7) is 0.996. The molecule has 8 heteroatoms. The fraction of sp³-hybridized carbons (Fsp3) is 0.429. The van der Waals surface area contributed by atoms with E-state index in [1.54, 1.807) is 18.2 Å². The number of primary amides is 1. The number of benzene rings is 1. The highest BCUT2D eigenvalue weighted by atomic mass is 16.5. The monoisotopic (exact) mass is 312 g/mol. The Morgan fingerprint density at radius 1 is 1.18 bits per heavy atom. The molecule has 0 fully saturated rings. The Labute approximate surface area is 128 Å². The maximum atomic E-state index is 11.7. The third-order valence-corrected chi connectivity index (χ3v) is 2.80. The molecule has 0 saturated heterocycles. The molecule has 2 amide bonds. The molecule has 0 bridgehead atoms. The summed E-state index contributed by atoms with van der Waals surface area (Å²) in [5, 5.41) is 11.7. The van der Waals surface area contributed by atoms with Gasteiger partial charge >= 0.3 is 0 Å². The van der Waals surface area contributed by atoms with E-state index in [4.69, 9.17) is 19.9 Å². The second-order valence-electron chi connectivity index (χ2n) is 4.53. The molecular formula is C14H20N2O6. The van der Waals surface area contributed by atoms with Gasteiger partial charge in [-0.2, -0.15) is 0 Å². The summed E-state index contributed by atoms with van der Waals surface area (Å²) in [6, 6.07) is 3.64. The molecule has 2 unspecified atom stereocenters. The zero-order valence-electron chi connectivity index (χ0n) is 12.7. The van der Waals surface area contributed by atoms with E-state index in [2.05, 4.69) is 5.32 Å². The Bertz CT molecular complexity index is 510. The third kappa shape index (κ3) is 5.13. The normalized spacial score (nSPS) is 12.9. The number of nitrogens with two attached hydrogens (primary N) is 1. The van der Waals surface area contributed by atoms with Crippen LogP contribution in [0.3, 0.4) is 0 Å². The summed E-state index contributed by atoms with van der Waals surface area (Å²) >= 11 is 0. The first-order chi connectivity index (χ1) is 10.4. The molecule has 0 radical (unpaired) electrons. The van der Waals surface area contributed by atoms with Crippen molar-refractivity contribution in [3.05, 3.63) is 18.2 Å². The van der Waals surface area contributed by atoms with Crippen LogP contribution < -0.4 is 25.3 Å². The molecule has 1 aromatic rings. The summed E-state index contributed by atoms with van der Waals surface area (Å²) in [6.07, 6.45) is -1.10. The van der Waals surface area contributed by atoms with Gasteiger partial charge in [0, 0.05) is 18.2 Å².